The van der Waals surface area contributed by atoms with Gasteiger partial charge >= 0.3 is 0 Å². The number of carbonyl (C=O) groups is 1. The number of rotatable bonds is 4. The lowest BCUT2D eigenvalue weighted by Gasteiger charge is -2.25. The first-order valence-corrected chi connectivity index (χ1v) is 6.90. The molecule has 1 aliphatic heterocycles. The molecule has 0 radical (unpaired) electrons. The van der Waals surface area contributed by atoms with E-state index in [1.807, 2.05) is 29.1 Å². The summed E-state index contributed by atoms with van der Waals surface area (Å²) in [4.78, 5) is 12.2. The van der Waals surface area contributed by atoms with Crippen molar-refractivity contribution in [2.45, 2.75) is 13.0 Å². The molecule has 20 heavy (non-hydrogen) atoms. The molecular weight excluding hydrogens is 252 g/mol. The lowest BCUT2D eigenvalue weighted by atomic mass is 9.93. The normalized spacial score (nSPS) is 17.1. The van der Waals surface area contributed by atoms with Crippen LogP contribution in [0.25, 0.3) is 0 Å². The summed E-state index contributed by atoms with van der Waals surface area (Å²) < 4.78 is 1.81. The van der Waals surface area contributed by atoms with Crippen molar-refractivity contribution in [2.75, 3.05) is 18.4 Å². The maximum absolute atomic E-state index is 12.2. The van der Waals surface area contributed by atoms with Gasteiger partial charge in [0.25, 0.3) is 0 Å². The highest BCUT2D eigenvalue weighted by Crippen LogP contribution is 2.24. The monoisotopic (exact) mass is 270 g/mol. The molecule has 0 saturated heterocycles. The van der Waals surface area contributed by atoms with Gasteiger partial charge in [0.2, 0.25) is 5.91 Å². The summed E-state index contributed by atoms with van der Waals surface area (Å²) >= 11 is 0. The fourth-order valence-electron chi connectivity index (χ4n) is 2.50. The fourth-order valence-corrected chi connectivity index (χ4v) is 2.50. The smallest absolute Gasteiger partial charge is 0.225 e. The first kappa shape index (κ1) is 12.7. The number of benzene rings is 1. The maximum Gasteiger partial charge on any atom is 0.225 e. The molecule has 0 aliphatic carbocycles. The molecule has 1 aliphatic rings. The second-order valence-electron chi connectivity index (χ2n) is 5.00. The molecular formula is C15H18N4O. The third kappa shape index (κ3) is 2.82. The number of aromatic nitrogens is 2. The van der Waals surface area contributed by atoms with Crippen LogP contribution in [0, 0.1) is 5.92 Å². The van der Waals surface area contributed by atoms with E-state index in [2.05, 4.69) is 27.9 Å². The Kier molecular flexibility index (Phi) is 3.67. The van der Waals surface area contributed by atoms with Crippen LogP contribution < -0.4 is 10.6 Å². The van der Waals surface area contributed by atoms with Crippen molar-refractivity contribution < 1.29 is 4.79 Å². The van der Waals surface area contributed by atoms with Gasteiger partial charge in [-0.25, -0.2) is 0 Å². The van der Waals surface area contributed by atoms with E-state index in [1.165, 1.54) is 5.56 Å². The topological polar surface area (TPSA) is 59.0 Å². The number of hydrogen-bond acceptors (Lipinski definition) is 3. The molecule has 5 nitrogen and oxygen atoms in total. The van der Waals surface area contributed by atoms with Crippen LogP contribution in [-0.4, -0.2) is 28.8 Å². The molecule has 0 fully saturated rings. The van der Waals surface area contributed by atoms with Crippen molar-refractivity contribution in [1.82, 2.24) is 15.1 Å². The van der Waals surface area contributed by atoms with Crippen LogP contribution in [0.1, 0.15) is 5.56 Å². The molecule has 1 aromatic heterocycles. The van der Waals surface area contributed by atoms with Crippen LogP contribution in [0.15, 0.2) is 42.7 Å². The Balaban J connectivity index is 1.51. The molecule has 0 saturated carbocycles. The Bertz CT molecular complexity index is 579. The highest BCUT2D eigenvalue weighted by atomic mass is 16.1. The number of para-hydroxylation sites is 1. The molecule has 2 aromatic rings. The standard InChI is InChI=1S/C15H18N4O/c20-15(16-7-9-19-8-3-6-18-19)13-10-12-4-1-2-5-14(12)17-11-13/h1-6,8,13,17H,7,9-11H2,(H,16,20). The van der Waals surface area contributed by atoms with Gasteiger partial charge in [-0.2, -0.15) is 5.10 Å². The molecule has 2 heterocycles. The first-order chi connectivity index (χ1) is 9.83. The Hall–Kier alpha value is -2.30. The molecule has 1 unspecified atom stereocenters. The van der Waals surface area contributed by atoms with Crippen molar-refractivity contribution in [3.8, 4) is 0 Å². The van der Waals surface area contributed by atoms with E-state index < -0.39 is 0 Å². The number of nitrogens with one attached hydrogen (secondary N) is 2. The minimum atomic E-state index is 0.00233. The summed E-state index contributed by atoms with van der Waals surface area (Å²) in [6.45, 7) is 2.01. The predicted molar refractivity (Wildman–Crippen MR) is 77.4 cm³/mol. The first-order valence-electron chi connectivity index (χ1n) is 6.90. The third-order valence-corrected chi connectivity index (χ3v) is 3.59. The second-order valence-corrected chi connectivity index (χ2v) is 5.00. The van der Waals surface area contributed by atoms with Crippen LogP contribution in [0.3, 0.4) is 0 Å². The Morgan fingerprint density at radius 3 is 3.15 bits per heavy atom. The highest BCUT2D eigenvalue weighted by molar-refractivity contribution is 5.80. The van der Waals surface area contributed by atoms with Gasteiger partial charge in [0.05, 0.1) is 12.5 Å². The van der Waals surface area contributed by atoms with Gasteiger partial charge in [-0.1, -0.05) is 18.2 Å². The molecule has 2 N–H and O–H groups in total. The zero-order valence-electron chi connectivity index (χ0n) is 11.2. The van der Waals surface area contributed by atoms with E-state index in [1.54, 1.807) is 6.20 Å². The zero-order chi connectivity index (χ0) is 13.8. The Morgan fingerprint density at radius 2 is 2.30 bits per heavy atom. The summed E-state index contributed by atoms with van der Waals surface area (Å²) in [6, 6.07) is 10.0. The summed E-state index contributed by atoms with van der Waals surface area (Å²) in [5.41, 5.74) is 2.36. The van der Waals surface area contributed by atoms with Gasteiger partial charge in [-0.15, -0.1) is 0 Å². The zero-order valence-corrected chi connectivity index (χ0v) is 11.2. The molecule has 0 spiro atoms. The fraction of sp³-hybridized carbons (Fsp3) is 0.333. The third-order valence-electron chi connectivity index (χ3n) is 3.59. The number of fused-ring (bicyclic) bond motifs is 1. The van der Waals surface area contributed by atoms with Gasteiger partial charge in [0.15, 0.2) is 0 Å². The Morgan fingerprint density at radius 1 is 1.40 bits per heavy atom. The average Bonchev–Trinajstić information content (AvgIpc) is 3.00. The molecule has 5 heteroatoms. The van der Waals surface area contributed by atoms with Crippen molar-refractivity contribution >= 4 is 11.6 Å². The van der Waals surface area contributed by atoms with Gasteiger partial charge in [-0.05, 0) is 24.1 Å². The predicted octanol–water partition coefficient (Wildman–Crippen LogP) is 1.28. The van der Waals surface area contributed by atoms with Gasteiger partial charge in [-0.3, -0.25) is 9.48 Å². The van der Waals surface area contributed by atoms with Gasteiger partial charge < -0.3 is 10.6 Å². The molecule has 1 aromatic carbocycles. The number of amides is 1. The molecule has 3 rings (SSSR count). The van der Waals surface area contributed by atoms with Crippen LogP contribution >= 0.6 is 0 Å². The largest absolute Gasteiger partial charge is 0.384 e. The summed E-state index contributed by atoms with van der Waals surface area (Å²) in [5.74, 6) is 0.113. The highest BCUT2D eigenvalue weighted by Gasteiger charge is 2.23. The SMILES string of the molecule is O=C(NCCn1cccn1)C1CNc2ccccc2C1. The second kappa shape index (κ2) is 5.77. The number of carbonyl (C=O) groups excluding carboxylic acids is 1. The van der Waals surface area contributed by atoms with E-state index in [0.29, 0.717) is 19.6 Å². The molecule has 1 atom stereocenters. The van der Waals surface area contributed by atoms with Crippen molar-refractivity contribution in [2.24, 2.45) is 5.92 Å². The van der Waals surface area contributed by atoms with Crippen molar-refractivity contribution in [1.29, 1.82) is 0 Å². The Labute approximate surface area is 118 Å². The van der Waals surface area contributed by atoms with Crippen LogP contribution in [0.2, 0.25) is 0 Å². The lowest BCUT2D eigenvalue weighted by Crippen LogP contribution is -2.39. The van der Waals surface area contributed by atoms with Crippen LogP contribution in [0.4, 0.5) is 5.69 Å². The van der Waals surface area contributed by atoms with E-state index in [9.17, 15) is 4.79 Å². The number of hydrogen-bond donors (Lipinski definition) is 2. The quantitative estimate of drug-likeness (QED) is 0.880. The molecule has 0 bridgehead atoms. The van der Waals surface area contributed by atoms with E-state index in [-0.39, 0.29) is 11.8 Å². The summed E-state index contributed by atoms with van der Waals surface area (Å²) in [5, 5.41) is 10.4. The average molecular weight is 270 g/mol. The number of nitrogens with zero attached hydrogens (tertiary/aromatic N) is 2. The minimum Gasteiger partial charge on any atom is -0.384 e. The van der Waals surface area contributed by atoms with Crippen molar-refractivity contribution in [3.63, 3.8) is 0 Å². The van der Waals surface area contributed by atoms with E-state index in [4.69, 9.17) is 0 Å². The minimum absolute atomic E-state index is 0.00233. The van der Waals surface area contributed by atoms with E-state index in [0.717, 1.165) is 12.1 Å². The lowest BCUT2D eigenvalue weighted by molar-refractivity contribution is -0.124. The molecule has 1 amide bonds. The summed E-state index contributed by atoms with van der Waals surface area (Å²) in [6.07, 6.45) is 4.44. The molecule has 104 valence electrons. The van der Waals surface area contributed by atoms with Gasteiger partial charge in [0, 0.05) is 31.2 Å². The van der Waals surface area contributed by atoms with Gasteiger partial charge in [0.1, 0.15) is 0 Å². The number of anilines is 1. The van der Waals surface area contributed by atoms with E-state index >= 15 is 0 Å². The van der Waals surface area contributed by atoms with Crippen LogP contribution in [0.5, 0.6) is 0 Å². The van der Waals surface area contributed by atoms with Crippen molar-refractivity contribution in [3.05, 3.63) is 48.3 Å². The maximum atomic E-state index is 12.2. The van der Waals surface area contributed by atoms with Crippen LogP contribution in [-0.2, 0) is 17.8 Å². The summed E-state index contributed by atoms with van der Waals surface area (Å²) in [7, 11) is 0.